The third-order valence-corrected chi connectivity index (χ3v) is 6.12. The van der Waals surface area contributed by atoms with Crippen molar-refractivity contribution in [1.82, 2.24) is 0 Å². The molecule has 0 saturated carbocycles. The lowest BCUT2D eigenvalue weighted by Gasteiger charge is -2.34. The summed E-state index contributed by atoms with van der Waals surface area (Å²) in [6, 6.07) is 6.93. The second-order valence-corrected chi connectivity index (χ2v) is 9.37. The fourth-order valence-corrected chi connectivity index (χ4v) is 4.38. The Morgan fingerprint density at radius 1 is 1.29 bits per heavy atom. The van der Waals surface area contributed by atoms with Gasteiger partial charge in [0.1, 0.15) is 12.2 Å². The Hall–Kier alpha value is -2.47. The van der Waals surface area contributed by atoms with E-state index in [1.165, 1.54) is 11.6 Å². The number of esters is 2. The van der Waals surface area contributed by atoms with Gasteiger partial charge >= 0.3 is 11.9 Å². The molecule has 1 aliphatic carbocycles. The van der Waals surface area contributed by atoms with Crippen LogP contribution in [0.2, 0.25) is 0 Å². The Bertz CT molecular complexity index is 970. The lowest BCUT2D eigenvalue weighted by atomic mass is 9.69. The molecule has 5 nitrogen and oxygen atoms in total. The average Bonchev–Trinajstić information content (AvgIpc) is 2.99. The van der Waals surface area contributed by atoms with E-state index >= 15 is 0 Å². The normalized spacial score (nSPS) is 25.5. The first-order valence-corrected chi connectivity index (χ1v) is 11.2. The Morgan fingerprint density at radius 2 is 2.06 bits per heavy atom. The monoisotopic (exact) mass is 486 g/mol. The Balaban J connectivity index is 1.77. The van der Waals surface area contributed by atoms with E-state index in [4.69, 9.17) is 9.47 Å². The fraction of sp³-hybridized carbons (Fsp3) is 0.400. The minimum atomic E-state index is -1.04. The SMILES string of the molecule is CC(C)=CCC/C(C)=C/[C@H]1OC(=O)CC12C[C@H](OC(=O)c1cccc(Br)c1)C=CC2=O. The van der Waals surface area contributed by atoms with Gasteiger partial charge in [-0.2, -0.15) is 0 Å². The molecular formula is C25H27BrO5. The predicted molar refractivity (Wildman–Crippen MR) is 121 cm³/mol. The molecule has 0 N–H and O–H groups in total. The van der Waals surface area contributed by atoms with E-state index in [-0.39, 0.29) is 18.6 Å². The van der Waals surface area contributed by atoms with Gasteiger partial charge in [-0.3, -0.25) is 9.59 Å². The summed E-state index contributed by atoms with van der Waals surface area (Å²) in [6.45, 7) is 6.08. The molecule has 0 aromatic heterocycles. The van der Waals surface area contributed by atoms with Crippen LogP contribution in [0.5, 0.6) is 0 Å². The van der Waals surface area contributed by atoms with Crippen molar-refractivity contribution in [2.45, 2.75) is 58.7 Å². The summed E-state index contributed by atoms with van der Waals surface area (Å²) in [5.41, 5.74) is 1.69. The quantitative estimate of drug-likeness (QED) is 0.392. The molecule has 1 fully saturated rings. The minimum Gasteiger partial charge on any atom is -0.457 e. The smallest absolute Gasteiger partial charge is 0.338 e. The Labute approximate surface area is 191 Å². The van der Waals surface area contributed by atoms with Crippen LogP contribution in [0.15, 0.2) is 64.2 Å². The molecule has 1 aromatic carbocycles. The molecule has 1 heterocycles. The van der Waals surface area contributed by atoms with E-state index in [1.807, 2.05) is 19.1 Å². The lowest BCUT2D eigenvalue weighted by Crippen LogP contribution is -2.43. The second-order valence-electron chi connectivity index (χ2n) is 8.46. The number of ketones is 1. The predicted octanol–water partition coefficient (Wildman–Crippen LogP) is 5.50. The highest BCUT2D eigenvalue weighted by atomic mass is 79.9. The van der Waals surface area contributed by atoms with E-state index < -0.39 is 29.6 Å². The van der Waals surface area contributed by atoms with Crippen molar-refractivity contribution in [1.29, 1.82) is 0 Å². The average molecular weight is 487 g/mol. The summed E-state index contributed by atoms with van der Waals surface area (Å²) in [6.07, 6.45) is 7.70. The summed E-state index contributed by atoms with van der Waals surface area (Å²) >= 11 is 3.34. The van der Waals surface area contributed by atoms with Crippen LogP contribution in [0.25, 0.3) is 0 Å². The Kier molecular flexibility index (Phi) is 7.31. The molecule has 3 rings (SSSR count). The molecule has 2 aliphatic rings. The standard InChI is InChI=1S/C25H27BrO5/c1-16(2)6-4-7-17(3)12-22-25(15-23(28)31-22)14-20(10-11-21(25)27)30-24(29)18-8-5-9-19(26)13-18/h5-6,8-13,20,22H,4,7,14-15H2,1-3H3/b17-12+/t20-,22-,25?/m1/s1. The highest BCUT2D eigenvalue weighted by Gasteiger charge is 2.55. The zero-order valence-corrected chi connectivity index (χ0v) is 19.6. The molecule has 0 bridgehead atoms. The first kappa shape index (κ1) is 23.2. The summed E-state index contributed by atoms with van der Waals surface area (Å²) in [5, 5.41) is 0. The van der Waals surface area contributed by atoms with Gasteiger partial charge in [-0.15, -0.1) is 0 Å². The third kappa shape index (κ3) is 5.62. The molecular weight excluding hydrogens is 460 g/mol. The molecule has 1 unspecified atom stereocenters. The van der Waals surface area contributed by atoms with E-state index in [0.717, 1.165) is 22.9 Å². The fourth-order valence-electron chi connectivity index (χ4n) is 3.98. The molecule has 0 radical (unpaired) electrons. The molecule has 1 aromatic rings. The molecule has 31 heavy (non-hydrogen) atoms. The Morgan fingerprint density at radius 3 is 2.77 bits per heavy atom. The van der Waals surface area contributed by atoms with Crippen LogP contribution < -0.4 is 0 Å². The van der Waals surface area contributed by atoms with Gasteiger partial charge in [0.25, 0.3) is 0 Å². The molecule has 164 valence electrons. The summed E-state index contributed by atoms with van der Waals surface area (Å²) in [5.74, 6) is -1.04. The highest BCUT2D eigenvalue weighted by Crippen LogP contribution is 2.45. The van der Waals surface area contributed by atoms with Gasteiger partial charge < -0.3 is 9.47 Å². The van der Waals surface area contributed by atoms with E-state index in [2.05, 4.69) is 35.9 Å². The van der Waals surface area contributed by atoms with Crippen molar-refractivity contribution >= 4 is 33.7 Å². The topological polar surface area (TPSA) is 69.7 Å². The number of benzene rings is 1. The summed E-state index contributed by atoms with van der Waals surface area (Å²) in [4.78, 5) is 37.7. The molecule has 1 aliphatic heterocycles. The van der Waals surface area contributed by atoms with E-state index in [1.54, 1.807) is 24.3 Å². The van der Waals surface area contributed by atoms with Crippen molar-refractivity contribution in [3.63, 3.8) is 0 Å². The third-order valence-electron chi connectivity index (χ3n) is 5.63. The van der Waals surface area contributed by atoms with Crippen LogP contribution >= 0.6 is 15.9 Å². The highest BCUT2D eigenvalue weighted by molar-refractivity contribution is 9.10. The molecule has 1 saturated heterocycles. The van der Waals surface area contributed by atoms with E-state index in [0.29, 0.717) is 5.56 Å². The van der Waals surface area contributed by atoms with Crippen LogP contribution in [0.1, 0.15) is 56.8 Å². The minimum absolute atomic E-state index is 0.0104. The molecule has 6 heteroatoms. The maximum Gasteiger partial charge on any atom is 0.338 e. The van der Waals surface area contributed by atoms with Gasteiger partial charge in [0, 0.05) is 10.9 Å². The van der Waals surface area contributed by atoms with Crippen molar-refractivity contribution in [2.75, 3.05) is 0 Å². The van der Waals surface area contributed by atoms with Crippen LogP contribution in [0.4, 0.5) is 0 Å². The van der Waals surface area contributed by atoms with Gasteiger partial charge in [0.15, 0.2) is 5.78 Å². The number of carbonyl (C=O) groups is 3. The van der Waals surface area contributed by atoms with Crippen molar-refractivity contribution in [3.05, 3.63) is 69.8 Å². The lowest BCUT2D eigenvalue weighted by molar-refractivity contribution is -0.140. The maximum absolute atomic E-state index is 12.9. The number of hydrogen-bond acceptors (Lipinski definition) is 5. The zero-order valence-electron chi connectivity index (χ0n) is 18.0. The number of hydrogen-bond donors (Lipinski definition) is 0. The summed E-state index contributed by atoms with van der Waals surface area (Å²) < 4.78 is 12.0. The van der Waals surface area contributed by atoms with Gasteiger partial charge in [0.05, 0.1) is 17.4 Å². The van der Waals surface area contributed by atoms with Gasteiger partial charge in [-0.1, -0.05) is 39.2 Å². The number of halogens is 1. The molecule has 1 spiro atoms. The van der Waals surface area contributed by atoms with Crippen LogP contribution in [-0.2, 0) is 19.1 Å². The number of carbonyl (C=O) groups excluding carboxylic acids is 3. The number of allylic oxidation sites excluding steroid dienone is 4. The van der Waals surface area contributed by atoms with Crippen molar-refractivity contribution in [3.8, 4) is 0 Å². The molecule has 0 amide bonds. The number of ether oxygens (including phenoxy) is 2. The van der Waals surface area contributed by atoms with Crippen LogP contribution in [-0.4, -0.2) is 29.9 Å². The van der Waals surface area contributed by atoms with Crippen LogP contribution in [0, 0.1) is 5.41 Å². The van der Waals surface area contributed by atoms with Crippen molar-refractivity contribution < 1.29 is 23.9 Å². The largest absolute Gasteiger partial charge is 0.457 e. The second kappa shape index (κ2) is 9.77. The van der Waals surface area contributed by atoms with Crippen LogP contribution in [0.3, 0.4) is 0 Å². The zero-order chi connectivity index (χ0) is 22.6. The van der Waals surface area contributed by atoms with Crippen molar-refractivity contribution in [2.24, 2.45) is 5.41 Å². The van der Waals surface area contributed by atoms with Gasteiger partial charge in [-0.05, 0) is 70.0 Å². The first-order chi connectivity index (χ1) is 14.7. The number of cyclic esters (lactones) is 1. The summed E-state index contributed by atoms with van der Waals surface area (Å²) in [7, 11) is 0. The van der Waals surface area contributed by atoms with E-state index in [9.17, 15) is 14.4 Å². The van der Waals surface area contributed by atoms with Gasteiger partial charge in [0.2, 0.25) is 0 Å². The number of rotatable bonds is 6. The molecule has 3 atom stereocenters. The first-order valence-electron chi connectivity index (χ1n) is 10.4. The maximum atomic E-state index is 12.9. The van der Waals surface area contributed by atoms with Gasteiger partial charge in [-0.25, -0.2) is 4.79 Å².